The van der Waals surface area contributed by atoms with Crippen LogP contribution in [0.4, 0.5) is 15.9 Å². The number of benzene rings is 1. The highest BCUT2D eigenvalue weighted by atomic mass is 79.9. The Morgan fingerprint density at radius 3 is 2.72 bits per heavy atom. The molecular formula is C12H8BrFN4. The molecule has 2 heterocycles. The third-order valence-corrected chi connectivity index (χ3v) is 3.08. The molecule has 0 saturated heterocycles. The minimum absolute atomic E-state index is 0.268. The van der Waals surface area contributed by atoms with Crippen LogP contribution in [0.25, 0.3) is 5.65 Å². The van der Waals surface area contributed by atoms with Crippen molar-refractivity contribution in [2.45, 2.75) is 0 Å². The van der Waals surface area contributed by atoms with Crippen LogP contribution in [0.1, 0.15) is 0 Å². The van der Waals surface area contributed by atoms with E-state index in [1.54, 1.807) is 24.5 Å². The topological polar surface area (TPSA) is 42.2 Å². The normalized spacial score (nSPS) is 10.8. The molecule has 0 spiro atoms. The summed E-state index contributed by atoms with van der Waals surface area (Å²) in [6, 6.07) is 6.09. The van der Waals surface area contributed by atoms with Gasteiger partial charge in [-0.05, 0) is 40.2 Å². The Kier molecular flexibility index (Phi) is 2.71. The van der Waals surface area contributed by atoms with E-state index < -0.39 is 0 Å². The molecule has 2 aromatic heterocycles. The molecule has 1 aromatic carbocycles. The summed E-state index contributed by atoms with van der Waals surface area (Å²) < 4.78 is 15.5. The van der Waals surface area contributed by atoms with E-state index in [0.717, 1.165) is 10.3 Å². The van der Waals surface area contributed by atoms with Gasteiger partial charge >= 0.3 is 0 Å². The quantitative estimate of drug-likeness (QED) is 0.789. The van der Waals surface area contributed by atoms with E-state index in [2.05, 4.69) is 31.2 Å². The Bertz CT molecular complexity index is 693. The highest BCUT2D eigenvalue weighted by Crippen LogP contribution is 2.21. The van der Waals surface area contributed by atoms with Crippen LogP contribution < -0.4 is 5.32 Å². The van der Waals surface area contributed by atoms with Crippen molar-refractivity contribution in [3.05, 3.63) is 53.3 Å². The van der Waals surface area contributed by atoms with Gasteiger partial charge < -0.3 is 5.32 Å². The van der Waals surface area contributed by atoms with Gasteiger partial charge in [0.25, 0.3) is 0 Å². The molecule has 0 unspecified atom stereocenters. The largest absolute Gasteiger partial charge is 0.337 e. The van der Waals surface area contributed by atoms with Crippen LogP contribution in [-0.4, -0.2) is 14.4 Å². The first-order valence-electron chi connectivity index (χ1n) is 5.24. The van der Waals surface area contributed by atoms with Crippen LogP contribution in [0.2, 0.25) is 0 Å². The second kappa shape index (κ2) is 4.38. The lowest BCUT2D eigenvalue weighted by molar-refractivity contribution is 0.628. The van der Waals surface area contributed by atoms with Crippen molar-refractivity contribution in [2.75, 3.05) is 5.32 Å². The zero-order chi connectivity index (χ0) is 12.5. The molecule has 0 aliphatic heterocycles. The van der Waals surface area contributed by atoms with E-state index in [9.17, 15) is 4.39 Å². The summed E-state index contributed by atoms with van der Waals surface area (Å²) in [5.41, 5.74) is 1.46. The minimum Gasteiger partial charge on any atom is -0.337 e. The SMILES string of the molecule is Fc1ccc(Nc2nccn3c(Br)cnc23)cc1. The Morgan fingerprint density at radius 1 is 1.17 bits per heavy atom. The van der Waals surface area contributed by atoms with Gasteiger partial charge in [0.05, 0.1) is 6.20 Å². The minimum atomic E-state index is -0.268. The number of nitrogens with zero attached hydrogens (tertiary/aromatic N) is 3. The fourth-order valence-electron chi connectivity index (χ4n) is 1.65. The number of imidazole rings is 1. The van der Waals surface area contributed by atoms with Crippen molar-refractivity contribution in [3.63, 3.8) is 0 Å². The number of rotatable bonds is 2. The van der Waals surface area contributed by atoms with Crippen molar-refractivity contribution in [2.24, 2.45) is 0 Å². The first-order valence-corrected chi connectivity index (χ1v) is 6.03. The second-order valence-electron chi connectivity index (χ2n) is 3.68. The Balaban J connectivity index is 2.02. The van der Waals surface area contributed by atoms with Crippen LogP contribution >= 0.6 is 15.9 Å². The fraction of sp³-hybridized carbons (Fsp3) is 0. The highest BCUT2D eigenvalue weighted by Gasteiger charge is 2.07. The number of anilines is 2. The van der Waals surface area contributed by atoms with Gasteiger partial charge in [-0.25, -0.2) is 14.4 Å². The summed E-state index contributed by atoms with van der Waals surface area (Å²) in [6.45, 7) is 0. The van der Waals surface area contributed by atoms with Crippen LogP contribution in [0.3, 0.4) is 0 Å². The van der Waals surface area contributed by atoms with E-state index in [0.29, 0.717) is 11.5 Å². The van der Waals surface area contributed by atoms with E-state index in [4.69, 9.17) is 0 Å². The van der Waals surface area contributed by atoms with Gasteiger partial charge in [-0.15, -0.1) is 0 Å². The molecule has 0 amide bonds. The van der Waals surface area contributed by atoms with Crippen LogP contribution in [-0.2, 0) is 0 Å². The molecular weight excluding hydrogens is 299 g/mol. The molecule has 18 heavy (non-hydrogen) atoms. The molecule has 90 valence electrons. The number of nitrogens with one attached hydrogen (secondary N) is 1. The van der Waals surface area contributed by atoms with Gasteiger partial charge in [-0.2, -0.15) is 0 Å². The Hall–Kier alpha value is -1.95. The molecule has 0 aliphatic carbocycles. The standard InChI is InChI=1S/C12H8BrFN4/c13-10-7-16-12-11(15-5-6-18(10)12)17-9-3-1-8(14)2-4-9/h1-7H,(H,15,17). The molecule has 3 aromatic rings. The molecule has 0 bridgehead atoms. The third kappa shape index (κ3) is 1.95. The maximum atomic E-state index is 12.8. The first kappa shape index (κ1) is 11.2. The summed E-state index contributed by atoms with van der Waals surface area (Å²) in [5, 5.41) is 3.11. The van der Waals surface area contributed by atoms with Crippen LogP contribution in [0.5, 0.6) is 0 Å². The van der Waals surface area contributed by atoms with E-state index in [-0.39, 0.29) is 5.82 Å². The predicted molar refractivity (Wildman–Crippen MR) is 70.4 cm³/mol. The van der Waals surface area contributed by atoms with Crippen molar-refractivity contribution >= 4 is 33.1 Å². The summed E-state index contributed by atoms with van der Waals surface area (Å²) >= 11 is 3.39. The van der Waals surface area contributed by atoms with Crippen LogP contribution in [0.15, 0.2) is 47.5 Å². The number of fused-ring (bicyclic) bond motifs is 1. The van der Waals surface area contributed by atoms with Gasteiger partial charge in [-0.1, -0.05) is 0 Å². The summed E-state index contributed by atoms with van der Waals surface area (Å²) in [7, 11) is 0. The molecule has 1 N–H and O–H groups in total. The number of hydrogen-bond donors (Lipinski definition) is 1. The summed E-state index contributed by atoms with van der Waals surface area (Å²) in [6.07, 6.45) is 5.18. The van der Waals surface area contributed by atoms with Crippen molar-refractivity contribution < 1.29 is 4.39 Å². The molecule has 0 aliphatic rings. The Labute approximate surface area is 111 Å². The van der Waals surface area contributed by atoms with E-state index >= 15 is 0 Å². The maximum absolute atomic E-state index is 12.8. The molecule has 4 nitrogen and oxygen atoms in total. The monoisotopic (exact) mass is 306 g/mol. The van der Waals surface area contributed by atoms with Gasteiger partial charge in [0.2, 0.25) is 0 Å². The average molecular weight is 307 g/mol. The van der Waals surface area contributed by atoms with E-state index in [1.165, 1.54) is 12.1 Å². The molecule has 6 heteroatoms. The van der Waals surface area contributed by atoms with Crippen LogP contribution in [0, 0.1) is 5.82 Å². The lowest BCUT2D eigenvalue weighted by Crippen LogP contribution is -1.97. The van der Waals surface area contributed by atoms with Gasteiger partial charge in [0.15, 0.2) is 11.5 Å². The molecule has 0 atom stereocenters. The van der Waals surface area contributed by atoms with E-state index in [1.807, 2.05) is 10.6 Å². The lowest BCUT2D eigenvalue weighted by atomic mass is 10.3. The zero-order valence-electron chi connectivity index (χ0n) is 9.14. The average Bonchev–Trinajstić information content (AvgIpc) is 2.76. The molecule has 0 saturated carbocycles. The summed E-state index contributed by atoms with van der Waals surface area (Å²) in [4.78, 5) is 8.48. The number of aromatic nitrogens is 3. The van der Waals surface area contributed by atoms with Crippen molar-refractivity contribution in [1.82, 2.24) is 14.4 Å². The second-order valence-corrected chi connectivity index (χ2v) is 4.49. The molecule has 0 radical (unpaired) electrons. The first-order chi connectivity index (χ1) is 8.74. The smallest absolute Gasteiger partial charge is 0.181 e. The van der Waals surface area contributed by atoms with Gasteiger partial charge in [-0.3, -0.25) is 4.40 Å². The number of hydrogen-bond acceptors (Lipinski definition) is 3. The number of halogens is 2. The third-order valence-electron chi connectivity index (χ3n) is 2.49. The summed E-state index contributed by atoms with van der Waals surface area (Å²) in [5.74, 6) is 0.352. The van der Waals surface area contributed by atoms with Gasteiger partial charge in [0.1, 0.15) is 10.4 Å². The van der Waals surface area contributed by atoms with Crippen molar-refractivity contribution in [3.8, 4) is 0 Å². The lowest BCUT2D eigenvalue weighted by Gasteiger charge is -2.06. The predicted octanol–water partition coefficient (Wildman–Crippen LogP) is 3.37. The highest BCUT2D eigenvalue weighted by molar-refractivity contribution is 9.10. The van der Waals surface area contributed by atoms with Crippen molar-refractivity contribution in [1.29, 1.82) is 0 Å². The Morgan fingerprint density at radius 2 is 1.94 bits per heavy atom. The maximum Gasteiger partial charge on any atom is 0.181 e. The molecule has 0 fully saturated rings. The fourth-order valence-corrected chi connectivity index (χ4v) is 2.04. The van der Waals surface area contributed by atoms with Gasteiger partial charge in [0, 0.05) is 18.1 Å². The zero-order valence-corrected chi connectivity index (χ0v) is 10.7. The molecule has 3 rings (SSSR count).